The lowest BCUT2D eigenvalue weighted by Crippen LogP contribution is -2.56. The van der Waals surface area contributed by atoms with E-state index in [2.05, 4.69) is 33.6 Å². The first-order chi connectivity index (χ1) is 15.1. The minimum Gasteiger partial charge on any atom is -0.480 e. The Morgan fingerprint density at radius 2 is 1.81 bits per heavy atom. The monoisotopic (exact) mass is 463 g/mol. The number of carbonyl (C=O) groups excluding carboxylic acids is 3. The van der Waals surface area contributed by atoms with E-state index in [0.29, 0.717) is 0 Å². The third-order valence-corrected chi connectivity index (χ3v) is 5.30. The van der Waals surface area contributed by atoms with Crippen molar-refractivity contribution < 1.29 is 24.3 Å². The van der Waals surface area contributed by atoms with Crippen LogP contribution in [0, 0.1) is 5.92 Å². The van der Waals surface area contributed by atoms with Crippen LogP contribution in [0.5, 0.6) is 0 Å². The Labute approximate surface area is 191 Å². The van der Waals surface area contributed by atoms with Gasteiger partial charge in [-0.15, -0.1) is 0 Å². The highest BCUT2D eigenvalue weighted by molar-refractivity contribution is 7.80. The molecule has 11 heteroatoms. The van der Waals surface area contributed by atoms with Gasteiger partial charge in [-0.25, -0.2) is 4.79 Å². The number of benzene rings is 1. The smallest absolute Gasteiger partial charge is 0.327 e. The Morgan fingerprint density at radius 3 is 2.44 bits per heavy atom. The fourth-order valence-electron chi connectivity index (χ4n) is 3.14. The van der Waals surface area contributed by atoms with E-state index in [-0.39, 0.29) is 24.6 Å². The quantitative estimate of drug-likeness (QED) is 0.228. The zero-order valence-electron chi connectivity index (χ0n) is 17.9. The molecule has 0 saturated heterocycles. The Balaban J connectivity index is 1.88. The number of H-pyrrole nitrogens is 1. The minimum atomic E-state index is -1.22. The van der Waals surface area contributed by atoms with E-state index in [9.17, 15) is 19.2 Å². The molecule has 174 valence electrons. The summed E-state index contributed by atoms with van der Waals surface area (Å²) in [6.45, 7) is 3.04. The summed E-state index contributed by atoms with van der Waals surface area (Å²) in [5, 5.41) is 17.4. The molecule has 0 aliphatic rings. The fourth-order valence-corrected chi connectivity index (χ4v) is 3.38. The summed E-state index contributed by atoms with van der Waals surface area (Å²) in [5.74, 6) is -3.37. The number of aromatic amines is 1. The number of rotatable bonds is 11. The van der Waals surface area contributed by atoms with E-state index in [1.54, 1.807) is 20.0 Å². The number of amides is 3. The maximum atomic E-state index is 12.4. The van der Waals surface area contributed by atoms with Gasteiger partial charge in [-0.2, -0.15) is 12.6 Å². The molecule has 2 rings (SSSR count). The molecule has 0 aliphatic carbocycles. The fraction of sp³-hybridized carbons (Fsp3) is 0.429. The lowest BCUT2D eigenvalue weighted by atomic mass is 10.0. The highest BCUT2D eigenvalue weighted by atomic mass is 32.1. The summed E-state index contributed by atoms with van der Waals surface area (Å²) in [6, 6.07) is 4.64. The van der Waals surface area contributed by atoms with Crippen molar-refractivity contribution in [3.8, 4) is 0 Å². The molecule has 0 bridgehead atoms. The van der Waals surface area contributed by atoms with Crippen LogP contribution in [0.15, 0.2) is 30.5 Å². The molecule has 2 aromatic rings. The highest BCUT2D eigenvalue weighted by Gasteiger charge is 2.28. The third-order valence-electron chi connectivity index (χ3n) is 4.94. The average Bonchev–Trinajstić information content (AvgIpc) is 3.16. The molecular weight excluding hydrogens is 434 g/mol. The topological polar surface area (TPSA) is 166 Å². The van der Waals surface area contributed by atoms with Gasteiger partial charge in [0.25, 0.3) is 0 Å². The van der Waals surface area contributed by atoms with Gasteiger partial charge in [-0.05, 0) is 24.0 Å². The van der Waals surface area contributed by atoms with Crippen molar-refractivity contribution in [2.45, 2.75) is 38.4 Å². The SMILES string of the molecule is CC(C)C(NC(=O)CNC(=O)C(N)Cc1c[nH]c2ccccc12)C(=O)NC(CS)C(=O)O. The number of carboxylic acids is 1. The molecular formula is C21H29N5O5S. The number of aliphatic carboxylic acids is 1. The molecule has 3 atom stereocenters. The van der Waals surface area contributed by atoms with Crippen molar-refractivity contribution in [2.24, 2.45) is 11.7 Å². The Morgan fingerprint density at radius 1 is 1.12 bits per heavy atom. The molecule has 1 aromatic heterocycles. The predicted octanol–water partition coefficient (Wildman–Crippen LogP) is -0.206. The number of nitrogens with two attached hydrogens (primary N) is 1. The molecule has 7 N–H and O–H groups in total. The second-order valence-electron chi connectivity index (χ2n) is 7.76. The van der Waals surface area contributed by atoms with Crippen LogP contribution in [0.1, 0.15) is 19.4 Å². The molecule has 1 heterocycles. The van der Waals surface area contributed by atoms with Gasteiger partial charge >= 0.3 is 5.97 Å². The third kappa shape index (κ3) is 6.72. The first-order valence-corrected chi connectivity index (χ1v) is 10.8. The van der Waals surface area contributed by atoms with Gasteiger partial charge in [0.1, 0.15) is 12.1 Å². The van der Waals surface area contributed by atoms with Crippen molar-refractivity contribution in [3.63, 3.8) is 0 Å². The lowest BCUT2D eigenvalue weighted by Gasteiger charge is -2.23. The van der Waals surface area contributed by atoms with Crippen LogP contribution in [0.2, 0.25) is 0 Å². The number of carboxylic acid groups (broad SMARTS) is 1. The van der Waals surface area contributed by atoms with E-state index < -0.39 is 41.8 Å². The van der Waals surface area contributed by atoms with Crippen LogP contribution >= 0.6 is 12.6 Å². The highest BCUT2D eigenvalue weighted by Crippen LogP contribution is 2.18. The number of para-hydroxylation sites is 1. The maximum Gasteiger partial charge on any atom is 0.327 e. The summed E-state index contributed by atoms with van der Waals surface area (Å²) >= 11 is 3.90. The van der Waals surface area contributed by atoms with Crippen LogP contribution in [0.3, 0.4) is 0 Å². The summed E-state index contributed by atoms with van der Waals surface area (Å²) < 4.78 is 0. The molecule has 0 saturated carbocycles. The van der Waals surface area contributed by atoms with Gasteiger partial charge in [0.05, 0.1) is 12.6 Å². The number of hydrogen-bond donors (Lipinski definition) is 7. The zero-order chi connectivity index (χ0) is 23.8. The number of hydrogen-bond acceptors (Lipinski definition) is 6. The summed E-state index contributed by atoms with van der Waals surface area (Å²) in [6.07, 6.45) is 2.08. The van der Waals surface area contributed by atoms with E-state index >= 15 is 0 Å². The van der Waals surface area contributed by atoms with Gasteiger partial charge in [0.15, 0.2) is 0 Å². The second-order valence-corrected chi connectivity index (χ2v) is 8.12. The molecule has 3 amide bonds. The van der Waals surface area contributed by atoms with Crippen LogP contribution in [0.25, 0.3) is 10.9 Å². The number of thiol groups is 1. The van der Waals surface area contributed by atoms with E-state index in [1.807, 2.05) is 24.3 Å². The van der Waals surface area contributed by atoms with Crippen LogP contribution < -0.4 is 21.7 Å². The van der Waals surface area contributed by atoms with Gasteiger partial charge < -0.3 is 31.8 Å². The zero-order valence-corrected chi connectivity index (χ0v) is 18.8. The van der Waals surface area contributed by atoms with E-state index in [1.165, 1.54) is 0 Å². The Hall–Kier alpha value is -3.05. The van der Waals surface area contributed by atoms with Crippen molar-refractivity contribution in [1.82, 2.24) is 20.9 Å². The van der Waals surface area contributed by atoms with Crippen molar-refractivity contribution in [3.05, 3.63) is 36.0 Å². The summed E-state index contributed by atoms with van der Waals surface area (Å²) in [4.78, 5) is 51.2. The number of carbonyl (C=O) groups is 4. The van der Waals surface area contributed by atoms with Gasteiger partial charge in [-0.3, -0.25) is 14.4 Å². The van der Waals surface area contributed by atoms with Gasteiger partial charge in [-0.1, -0.05) is 32.0 Å². The molecule has 1 aromatic carbocycles. The molecule has 0 spiro atoms. The predicted molar refractivity (Wildman–Crippen MR) is 123 cm³/mol. The van der Waals surface area contributed by atoms with Gasteiger partial charge in [0, 0.05) is 22.9 Å². The molecule has 3 unspecified atom stereocenters. The number of fused-ring (bicyclic) bond motifs is 1. The Kier molecular flexibility index (Phi) is 9.09. The second kappa shape index (κ2) is 11.5. The van der Waals surface area contributed by atoms with Gasteiger partial charge in [0.2, 0.25) is 17.7 Å². The normalized spacial score (nSPS) is 13.9. The largest absolute Gasteiger partial charge is 0.480 e. The van der Waals surface area contributed by atoms with Crippen molar-refractivity contribution in [2.75, 3.05) is 12.3 Å². The van der Waals surface area contributed by atoms with Crippen molar-refractivity contribution >= 4 is 47.2 Å². The van der Waals surface area contributed by atoms with Crippen LogP contribution in [0.4, 0.5) is 0 Å². The molecule has 32 heavy (non-hydrogen) atoms. The first kappa shape index (κ1) is 25.2. The lowest BCUT2D eigenvalue weighted by molar-refractivity contribution is -0.141. The number of nitrogens with one attached hydrogen (secondary N) is 4. The summed E-state index contributed by atoms with van der Waals surface area (Å²) in [5.41, 5.74) is 7.83. The first-order valence-electron chi connectivity index (χ1n) is 10.2. The van der Waals surface area contributed by atoms with E-state index in [4.69, 9.17) is 10.8 Å². The van der Waals surface area contributed by atoms with Crippen molar-refractivity contribution in [1.29, 1.82) is 0 Å². The standard InChI is InChI=1S/C21H29N5O5S/c1-11(2)18(20(29)25-16(10-32)21(30)31)26-17(27)9-24-19(28)14(22)7-12-8-23-15-6-4-3-5-13(12)15/h3-6,8,11,14,16,18,23,32H,7,9-10,22H2,1-2H3,(H,24,28)(H,25,29)(H,26,27)(H,30,31). The summed E-state index contributed by atoms with van der Waals surface area (Å²) in [7, 11) is 0. The maximum absolute atomic E-state index is 12.4. The Bertz CT molecular complexity index is 976. The van der Waals surface area contributed by atoms with Crippen LogP contribution in [-0.4, -0.2) is 64.2 Å². The average molecular weight is 464 g/mol. The molecule has 0 aliphatic heterocycles. The van der Waals surface area contributed by atoms with E-state index in [0.717, 1.165) is 16.5 Å². The van der Waals surface area contributed by atoms with Crippen LogP contribution in [-0.2, 0) is 25.6 Å². The minimum absolute atomic E-state index is 0.0930. The number of aromatic nitrogens is 1. The molecule has 0 radical (unpaired) electrons. The molecule has 10 nitrogen and oxygen atoms in total. The molecule has 0 fully saturated rings.